The van der Waals surface area contributed by atoms with Crippen molar-refractivity contribution >= 4 is 39.0 Å². The third kappa shape index (κ3) is 2.28. The maximum absolute atomic E-state index is 5.89. The van der Waals surface area contributed by atoms with Crippen molar-refractivity contribution in [2.24, 2.45) is 0 Å². The molecule has 0 spiro atoms. The second-order valence-electron chi connectivity index (χ2n) is 4.36. The normalized spacial score (nSPS) is 11.1. The maximum Gasteiger partial charge on any atom is 0.268 e. The van der Waals surface area contributed by atoms with Crippen molar-refractivity contribution in [3.63, 3.8) is 0 Å². The van der Waals surface area contributed by atoms with Gasteiger partial charge in [-0.2, -0.15) is 4.98 Å². The molecule has 0 unspecified atom stereocenters. The summed E-state index contributed by atoms with van der Waals surface area (Å²) >= 11 is 7.37. The Kier molecular flexibility index (Phi) is 2.98. The number of fused-ring (bicyclic) bond motifs is 1. The molecule has 0 aliphatic rings. The van der Waals surface area contributed by atoms with Gasteiger partial charge in [0.2, 0.25) is 11.6 Å². The first kappa shape index (κ1) is 13.1. The summed E-state index contributed by atoms with van der Waals surface area (Å²) in [4.78, 5) is 17.5. The molecule has 0 radical (unpaired) electrons. The molecule has 0 saturated carbocycles. The van der Waals surface area contributed by atoms with E-state index in [9.17, 15) is 0 Å². The quantitative estimate of drug-likeness (QED) is 0.563. The molecule has 0 saturated heterocycles. The zero-order valence-corrected chi connectivity index (χ0v) is 12.5. The first-order valence-corrected chi connectivity index (χ1v) is 7.37. The van der Waals surface area contributed by atoms with Crippen molar-refractivity contribution < 1.29 is 4.52 Å². The molecule has 0 atom stereocenters. The minimum Gasteiger partial charge on any atom is -0.384 e. The van der Waals surface area contributed by atoms with E-state index < -0.39 is 0 Å². The molecule has 9 heteroatoms. The van der Waals surface area contributed by atoms with E-state index in [1.165, 1.54) is 11.3 Å². The van der Waals surface area contributed by atoms with Crippen LogP contribution in [0.2, 0.25) is 5.15 Å². The molecule has 0 aliphatic heterocycles. The molecule has 4 rings (SSSR count). The number of hydrogen-bond acceptors (Lipinski definition) is 8. The smallest absolute Gasteiger partial charge is 0.268 e. The average Bonchev–Trinajstić information content (AvgIpc) is 3.13. The number of nitrogens with zero attached hydrogens (tertiary/aromatic N) is 5. The summed E-state index contributed by atoms with van der Waals surface area (Å²) in [5, 5.41) is 4.33. The lowest BCUT2D eigenvalue weighted by molar-refractivity contribution is 0.433. The SMILES string of the molecule is Nc1ccnc(-c2noc(-c3cc4nc(Cl)ccc4s3)n2)n1. The highest BCUT2D eigenvalue weighted by atomic mass is 35.5. The summed E-state index contributed by atoms with van der Waals surface area (Å²) in [5.74, 6) is 1.32. The Bertz CT molecular complexity index is 981. The molecule has 108 valence electrons. The fraction of sp³-hybridized carbons (Fsp3) is 0. The lowest BCUT2D eigenvalue weighted by atomic mass is 10.4. The van der Waals surface area contributed by atoms with Crippen molar-refractivity contribution in [2.75, 3.05) is 5.73 Å². The van der Waals surface area contributed by atoms with Gasteiger partial charge < -0.3 is 10.3 Å². The molecule has 0 aromatic carbocycles. The van der Waals surface area contributed by atoms with E-state index in [-0.39, 0.29) is 5.82 Å². The van der Waals surface area contributed by atoms with Gasteiger partial charge in [0, 0.05) is 6.20 Å². The van der Waals surface area contributed by atoms with Crippen molar-refractivity contribution in [2.45, 2.75) is 0 Å². The lowest BCUT2D eigenvalue weighted by Crippen LogP contribution is -1.95. The van der Waals surface area contributed by atoms with Crippen LogP contribution in [0, 0.1) is 0 Å². The largest absolute Gasteiger partial charge is 0.384 e. The van der Waals surface area contributed by atoms with Gasteiger partial charge in [-0.05, 0) is 24.3 Å². The second kappa shape index (κ2) is 5.00. The van der Waals surface area contributed by atoms with Crippen LogP contribution in [0.5, 0.6) is 0 Å². The molecule has 4 heterocycles. The summed E-state index contributed by atoms with van der Waals surface area (Å²) in [6.45, 7) is 0. The summed E-state index contributed by atoms with van der Waals surface area (Å²) < 4.78 is 6.26. The van der Waals surface area contributed by atoms with Gasteiger partial charge in [-0.3, -0.25) is 0 Å². The molecular weight excluding hydrogens is 324 g/mol. The molecule has 0 bridgehead atoms. The van der Waals surface area contributed by atoms with Crippen LogP contribution >= 0.6 is 22.9 Å². The predicted octanol–water partition coefficient (Wildman–Crippen LogP) is 3.04. The monoisotopic (exact) mass is 330 g/mol. The number of nitrogens with two attached hydrogens (primary N) is 1. The van der Waals surface area contributed by atoms with E-state index in [1.807, 2.05) is 12.1 Å². The van der Waals surface area contributed by atoms with Crippen LogP contribution in [0.25, 0.3) is 32.6 Å². The Morgan fingerprint density at radius 3 is 2.86 bits per heavy atom. The number of nitrogen functional groups attached to an aromatic ring is 1. The molecule has 22 heavy (non-hydrogen) atoms. The van der Waals surface area contributed by atoms with E-state index in [0.717, 1.165) is 15.1 Å². The van der Waals surface area contributed by atoms with Gasteiger partial charge in [0.05, 0.1) is 15.1 Å². The highest BCUT2D eigenvalue weighted by molar-refractivity contribution is 7.22. The number of hydrogen-bond donors (Lipinski definition) is 1. The van der Waals surface area contributed by atoms with Gasteiger partial charge >= 0.3 is 0 Å². The van der Waals surface area contributed by atoms with E-state index in [0.29, 0.717) is 22.7 Å². The zero-order chi connectivity index (χ0) is 15.1. The molecule has 0 aliphatic carbocycles. The van der Waals surface area contributed by atoms with Gasteiger partial charge in [0.1, 0.15) is 11.0 Å². The van der Waals surface area contributed by atoms with Gasteiger partial charge in [0.15, 0.2) is 0 Å². The molecule has 4 aromatic rings. The molecule has 0 fully saturated rings. The summed E-state index contributed by atoms with van der Waals surface area (Å²) in [5.41, 5.74) is 6.41. The first-order valence-electron chi connectivity index (χ1n) is 6.18. The van der Waals surface area contributed by atoms with Crippen molar-refractivity contribution in [3.05, 3.63) is 35.6 Å². The van der Waals surface area contributed by atoms with E-state index in [1.54, 1.807) is 18.3 Å². The lowest BCUT2D eigenvalue weighted by Gasteiger charge is -1.93. The van der Waals surface area contributed by atoms with Crippen molar-refractivity contribution in [1.82, 2.24) is 25.1 Å². The zero-order valence-electron chi connectivity index (χ0n) is 10.9. The molecule has 7 nitrogen and oxygen atoms in total. The van der Waals surface area contributed by atoms with E-state index in [4.69, 9.17) is 21.9 Å². The highest BCUT2D eigenvalue weighted by Gasteiger charge is 2.15. The summed E-state index contributed by atoms with van der Waals surface area (Å²) in [7, 11) is 0. The van der Waals surface area contributed by atoms with Crippen LogP contribution in [0.1, 0.15) is 0 Å². The van der Waals surface area contributed by atoms with Crippen LogP contribution in [-0.2, 0) is 0 Å². The Morgan fingerprint density at radius 2 is 2.00 bits per heavy atom. The van der Waals surface area contributed by atoms with Crippen molar-refractivity contribution in [3.8, 4) is 22.4 Å². The van der Waals surface area contributed by atoms with Gasteiger partial charge in [-0.15, -0.1) is 11.3 Å². The van der Waals surface area contributed by atoms with Crippen LogP contribution in [0.4, 0.5) is 5.82 Å². The predicted molar refractivity (Wildman–Crippen MR) is 83.4 cm³/mol. The average molecular weight is 331 g/mol. The number of anilines is 1. The molecule has 0 amide bonds. The minimum absolute atomic E-state index is 0.283. The van der Waals surface area contributed by atoms with Gasteiger partial charge in [0.25, 0.3) is 5.89 Å². The Morgan fingerprint density at radius 1 is 1.09 bits per heavy atom. The Hall–Kier alpha value is -2.58. The third-order valence-electron chi connectivity index (χ3n) is 2.85. The number of thiophene rings is 1. The number of rotatable bonds is 2. The fourth-order valence-corrected chi connectivity index (χ4v) is 2.98. The fourth-order valence-electron chi connectivity index (χ4n) is 1.90. The van der Waals surface area contributed by atoms with Crippen LogP contribution in [0.3, 0.4) is 0 Å². The molecule has 4 aromatic heterocycles. The maximum atomic E-state index is 5.89. The Labute approximate surface area is 132 Å². The number of pyridine rings is 1. The third-order valence-corrected chi connectivity index (χ3v) is 4.14. The second-order valence-corrected chi connectivity index (χ2v) is 5.83. The van der Waals surface area contributed by atoms with Crippen molar-refractivity contribution in [1.29, 1.82) is 0 Å². The first-order chi connectivity index (χ1) is 10.7. The minimum atomic E-state index is 0.283. The molecule has 2 N–H and O–H groups in total. The summed E-state index contributed by atoms with van der Waals surface area (Å²) in [6, 6.07) is 7.08. The van der Waals surface area contributed by atoms with Crippen LogP contribution in [0.15, 0.2) is 35.0 Å². The van der Waals surface area contributed by atoms with Crippen LogP contribution < -0.4 is 5.73 Å². The standard InChI is InChI=1S/C13H7ClN6OS/c14-9-2-1-7-6(17-9)5-8(22-7)13-19-12(20-21-13)11-16-4-3-10(15)18-11/h1-5H,(H2,15,16,18). The van der Waals surface area contributed by atoms with E-state index >= 15 is 0 Å². The van der Waals surface area contributed by atoms with E-state index in [2.05, 4.69) is 25.1 Å². The van der Waals surface area contributed by atoms with Crippen LogP contribution in [-0.4, -0.2) is 25.1 Å². The topological polar surface area (TPSA) is 104 Å². The summed E-state index contributed by atoms with van der Waals surface area (Å²) in [6.07, 6.45) is 1.54. The molecular formula is C13H7ClN6OS. The number of aromatic nitrogens is 5. The van der Waals surface area contributed by atoms with Gasteiger partial charge in [-0.1, -0.05) is 16.8 Å². The highest BCUT2D eigenvalue weighted by Crippen LogP contribution is 2.33. The Balaban J connectivity index is 1.76. The number of halogens is 1. The van der Waals surface area contributed by atoms with Gasteiger partial charge in [-0.25, -0.2) is 15.0 Å².